The number of aromatic nitrogens is 5. The molecule has 8 heteroatoms. The first-order valence-corrected chi connectivity index (χ1v) is 10.2. The minimum atomic E-state index is -0.298. The van der Waals surface area contributed by atoms with E-state index in [1.54, 1.807) is 0 Å². The van der Waals surface area contributed by atoms with E-state index >= 15 is 0 Å². The Hall–Kier alpha value is -3.81. The molecule has 0 radical (unpaired) electrons. The molecule has 1 fully saturated rings. The molecule has 5 rings (SSSR count). The molecule has 1 aromatic carbocycles. The summed E-state index contributed by atoms with van der Waals surface area (Å²) in [5.74, 6) is 0.817. The van der Waals surface area contributed by atoms with Crippen LogP contribution in [0.4, 0.5) is 11.5 Å². The molecule has 4 aromatic rings. The van der Waals surface area contributed by atoms with Gasteiger partial charge in [0.2, 0.25) is 5.91 Å². The van der Waals surface area contributed by atoms with E-state index in [9.17, 15) is 4.79 Å². The molecule has 0 aliphatic carbocycles. The van der Waals surface area contributed by atoms with Crippen LogP contribution in [0.2, 0.25) is 0 Å². The molecule has 1 amide bonds. The molecule has 2 N–H and O–H groups in total. The van der Waals surface area contributed by atoms with Gasteiger partial charge in [0.05, 0.1) is 5.39 Å². The van der Waals surface area contributed by atoms with E-state index in [1.165, 1.54) is 6.33 Å². The van der Waals surface area contributed by atoms with Crippen molar-refractivity contribution in [2.75, 3.05) is 17.2 Å². The summed E-state index contributed by atoms with van der Waals surface area (Å²) in [5.41, 5.74) is 11.5. The number of nitrogens with two attached hydrogens (primary N) is 1. The number of hydrogen-bond acceptors (Lipinski definition) is 6. The average molecular weight is 413 g/mol. The summed E-state index contributed by atoms with van der Waals surface area (Å²) in [4.78, 5) is 32.4. The zero-order chi connectivity index (χ0) is 21.7. The number of amides is 1. The number of benzene rings is 1. The van der Waals surface area contributed by atoms with Crippen molar-refractivity contribution in [3.8, 4) is 11.1 Å². The Morgan fingerprint density at radius 3 is 2.48 bits per heavy atom. The Balaban J connectivity index is 1.44. The van der Waals surface area contributed by atoms with Crippen LogP contribution in [0, 0.1) is 13.8 Å². The predicted octanol–water partition coefficient (Wildman–Crippen LogP) is 3.14. The van der Waals surface area contributed by atoms with Gasteiger partial charge >= 0.3 is 0 Å². The normalized spacial score (nSPS) is 16.4. The molecule has 1 aliphatic rings. The maximum atomic E-state index is 13.1. The van der Waals surface area contributed by atoms with Gasteiger partial charge in [0.1, 0.15) is 29.5 Å². The SMILES string of the molecule is Cc1cc(C)nc(C2CCN(c3ccc(-c4cn(C)c5ncnc(N)c45)cc3)C2=O)n1. The first-order valence-electron chi connectivity index (χ1n) is 10.2. The van der Waals surface area contributed by atoms with E-state index in [0.717, 1.165) is 39.2 Å². The lowest BCUT2D eigenvalue weighted by atomic mass is 10.1. The third kappa shape index (κ3) is 3.20. The summed E-state index contributed by atoms with van der Waals surface area (Å²) in [6.45, 7) is 4.51. The van der Waals surface area contributed by atoms with Crippen LogP contribution in [0.15, 0.2) is 42.9 Å². The van der Waals surface area contributed by atoms with Crippen LogP contribution in [0.3, 0.4) is 0 Å². The molecule has 1 atom stereocenters. The van der Waals surface area contributed by atoms with Crippen LogP contribution in [0.25, 0.3) is 22.2 Å². The van der Waals surface area contributed by atoms with Crippen LogP contribution in [0.1, 0.15) is 29.6 Å². The number of carbonyl (C=O) groups is 1. The lowest BCUT2D eigenvalue weighted by molar-refractivity contribution is -0.118. The Labute approximate surface area is 179 Å². The fourth-order valence-corrected chi connectivity index (χ4v) is 4.36. The monoisotopic (exact) mass is 413 g/mol. The molecule has 0 spiro atoms. The molecule has 31 heavy (non-hydrogen) atoms. The zero-order valence-corrected chi connectivity index (χ0v) is 17.7. The van der Waals surface area contributed by atoms with Crippen molar-refractivity contribution < 1.29 is 4.79 Å². The van der Waals surface area contributed by atoms with Gasteiger partial charge in [-0.2, -0.15) is 0 Å². The van der Waals surface area contributed by atoms with Crippen molar-refractivity contribution in [1.82, 2.24) is 24.5 Å². The quantitative estimate of drug-likeness (QED) is 0.553. The number of aryl methyl sites for hydroxylation is 3. The summed E-state index contributed by atoms with van der Waals surface area (Å²) < 4.78 is 1.94. The molecular weight excluding hydrogens is 390 g/mol. The highest BCUT2D eigenvalue weighted by Crippen LogP contribution is 2.35. The number of anilines is 2. The maximum absolute atomic E-state index is 13.1. The second-order valence-corrected chi connectivity index (χ2v) is 8.00. The van der Waals surface area contributed by atoms with Crippen LogP contribution in [-0.4, -0.2) is 37.0 Å². The van der Waals surface area contributed by atoms with E-state index in [-0.39, 0.29) is 11.8 Å². The third-order valence-corrected chi connectivity index (χ3v) is 5.79. The first kappa shape index (κ1) is 19.2. The molecule has 8 nitrogen and oxygen atoms in total. The van der Waals surface area contributed by atoms with Crippen molar-refractivity contribution >= 4 is 28.4 Å². The smallest absolute Gasteiger partial charge is 0.237 e. The summed E-state index contributed by atoms with van der Waals surface area (Å²) >= 11 is 0. The third-order valence-electron chi connectivity index (χ3n) is 5.79. The van der Waals surface area contributed by atoms with Gasteiger partial charge in [-0.3, -0.25) is 4.79 Å². The summed E-state index contributed by atoms with van der Waals surface area (Å²) in [7, 11) is 1.94. The van der Waals surface area contributed by atoms with Gasteiger partial charge in [-0.05, 0) is 44.0 Å². The largest absolute Gasteiger partial charge is 0.383 e. The Morgan fingerprint density at radius 2 is 1.77 bits per heavy atom. The number of nitrogens with zero attached hydrogens (tertiary/aromatic N) is 6. The fourth-order valence-electron chi connectivity index (χ4n) is 4.36. The van der Waals surface area contributed by atoms with Crippen molar-refractivity contribution in [3.05, 3.63) is 60.1 Å². The standard InChI is InChI=1S/C23H23N7O/c1-13-10-14(2)28-21(27-13)17-8-9-30(23(17)31)16-6-4-15(5-7-16)18-11-29(3)22-19(18)20(24)25-12-26-22/h4-7,10-12,17H,8-9H2,1-3H3,(H2,24,25,26). The first-order chi connectivity index (χ1) is 14.9. The topological polar surface area (TPSA) is 103 Å². The predicted molar refractivity (Wildman–Crippen MR) is 120 cm³/mol. The number of hydrogen-bond donors (Lipinski definition) is 1. The van der Waals surface area contributed by atoms with Crippen LogP contribution in [0.5, 0.6) is 0 Å². The van der Waals surface area contributed by atoms with Gasteiger partial charge in [0.25, 0.3) is 0 Å². The molecule has 4 heterocycles. The van der Waals surface area contributed by atoms with E-state index in [0.29, 0.717) is 24.6 Å². The van der Waals surface area contributed by atoms with E-state index < -0.39 is 0 Å². The number of fused-ring (bicyclic) bond motifs is 1. The molecule has 0 saturated carbocycles. The molecule has 1 aliphatic heterocycles. The molecule has 1 saturated heterocycles. The molecular formula is C23H23N7O. The molecule has 1 unspecified atom stereocenters. The average Bonchev–Trinajstić information content (AvgIpc) is 3.29. The molecule has 156 valence electrons. The van der Waals surface area contributed by atoms with E-state index in [4.69, 9.17) is 5.73 Å². The highest BCUT2D eigenvalue weighted by molar-refractivity contribution is 6.02. The van der Waals surface area contributed by atoms with Crippen LogP contribution < -0.4 is 10.6 Å². The van der Waals surface area contributed by atoms with Gasteiger partial charge in [0, 0.05) is 42.4 Å². The highest BCUT2D eigenvalue weighted by atomic mass is 16.2. The summed E-state index contributed by atoms with van der Waals surface area (Å²) in [6.07, 6.45) is 4.18. The Bertz CT molecular complexity index is 1290. The minimum absolute atomic E-state index is 0.0422. The second kappa shape index (κ2) is 7.16. The van der Waals surface area contributed by atoms with E-state index in [2.05, 4.69) is 19.9 Å². The number of carbonyl (C=O) groups excluding carboxylic acids is 1. The van der Waals surface area contributed by atoms with Crippen molar-refractivity contribution in [1.29, 1.82) is 0 Å². The zero-order valence-electron chi connectivity index (χ0n) is 17.7. The van der Waals surface area contributed by atoms with Crippen molar-refractivity contribution in [3.63, 3.8) is 0 Å². The summed E-state index contributed by atoms with van der Waals surface area (Å²) in [5, 5.41) is 0.835. The van der Waals surface area contributed by atoms with Crippen LogP contribution in [-0.2, 0) is 11.8 Å². The lowest BCUT2D eigenvalue weighted by Crippen LogP contribution is -2.27. The highest BCUT2D eigenvalue weighted by Gasteiger charge is 2.35. The summed E-state index contributed by atoms with van der Waals surface area (Å²) in [6, 6.07) is 9.87. The van der Waals surface area contributed by atoms with E-state index in [1.807, 2.05) is 66.9 Å². The van der Waals surface area contributed by atoms with Gasteiger partial charge in [0.15, 0.2) is 0 Å². The van der Waals surface area contributed by atoms with Gasteiger partial charge in [-0.1, -0.05) is 12.1 Å². The number of nitrogen functional groups attached to an aromatic ring is 1. The van der Waals surface area contributed by atoms with Gasteiger partial charge in [-0.25, -0.2) is 19.9 Å². The van der Waals surface area contributed by atoms with Gasteiger partial charge in [-0.15, -0.1) is 0 Å². The maximum Gasteiger partial charge on any atom is 0.237 e. The minimum Gasteiger partial charge on any atom is -0.383 e. The van der Waals surface area contributed by atoms with Crippen LogP contribution >= 0.6 is 0 Å². The Morgan fingerprint density at radius 1 is 1.06 bits per heavy atom. The lowest BCUT2D eigenvalue weighted by Gasteiger charge is -2.17. The van der Waals surface area contributed by atoms with Gasteiger partial charge < -0.3 is 15.2 Å². The molecule has 0 bridgehead atoms. The second-order valence-electron chi connectivity index (χ2n) is 8.00. The fraction of sp³-hybridized carbons (Fsp3) is 0.261. The number of rotatable bonds is 3. The van der Waals surface area contributed by atoms with Crippen molar-refractivity contribution in [2.45, 2.75) is 26.2 Å². The Kier molecular flexibility index (Phi) is 4.43. The molecule has 3 aromatic heterocycles. The van der Waals surface area contributed by atoms with Crippen molar-refractivity contribution in [2.24, 2.45) is 7.05 Å².